The van der Waals surface area contributed by atoms with Gasteiger partial charge in [0.15, 0.2) is 17.7 Å². The van der Waals surface area contributed by atoms with Crippen LogP contribution < -0.4 is 74.6 Å². The number of hydrogen-bond acceptors (Lipinski definition) is 10. The summed E-state index contributed by atoms with van der Waals surface area (Å²) in [5.74, 6) is 0.204. The van der Waals surface area contributed by atoms with E-state index in [2.05, 4.69) is 15.0 Å². The van der Waals surface area contributed by atoms with Crippen molar-refractivity contribution in [1.82, 2.24) is 19.5 Å². The summed E-state index contributed by atoms with van der Waals surface area (Å²) in [4.78, 5) is 33.1. The summed E-state index contributed by atoms with van der Waals surface area (Å²) in [7, 11) is -4.64. The Labute approximate surface area is 187 Å². The molecule has 0 aromatic carbocycles. The first-order valence-corrected chi connectivity index (χ1v) is 8.45. The number of nitrogen functional groups attached to an aromatic ring is 1. The zero-order valence-electron chi connectivity index (χ0n) is 13.8. The number of hydrogen-bond donors (Lipinski definition) is 2. The monoisotopic (exact) mass is 389 g/mol. The third-order valence-electron chi connectivity index (χ3n) is 3.46. The van der Waals surface area contributed by atoms with Gasteiger partial charge in [0.2, 0.25) is 0 Å². The molecule has 2 aromatic rings. The van der Waals surface area contributed by atoms with Crippen molar-refractivity contribution in [3.8, 4) is 0 Å². The van der Waals surface area contributed by atoms with Crippen molar-refractivity contribution in [3.63, 3.8) is 0 Å². The van der Waals surface area contributed by atoms with Crippen molar-refractivity contribution >= 4 is 24.6 Å². The maximum absolute atomic E-state index is 10.6. The van der Waals surface area contributed by atoms with Gasteiger partial charge in [-0.2, -0.15) is 0 Å². The van der Waals surface area contributed by atoms with Gasteiger partial charge in [-0.15, -0.1) is 0 Å². The second-order valence-electron chi connectivity index (χ2n) is 5.04. The fraction of sp³-hybridized carbons (Fsp3) is 0.545. The fourth-order valence-corrected chi connectivity index (χ4v) is 2.67. The second kappa shape index (κ2) is 9.54. The molecule has 1 saturated heterocycles. The summed E-state index contributed by atoms with van der Waals surface area (Å²) >= 11 is 0. The zero-order valence-corrected chi connectivity index (χ0v) is 18.7. The molecule has 3 atom stereocenters. The Morgan fingerprint density at radius 2 is 2.12 bits per heavy atom. The van der Waals surface area contributed by atoms with Gasteiger partial charge >= 0.3 is 59.1 Å². The molecule has 0 radical (unpaired) electrons. The Balaban J connectivity index is 0.00000156. The molecule has 14 heteroatoms. The largest absolute Gasteiger partial charge is 1.00 e. The van der Waals surface area contributed by atoms with E-state index in [1.165, 1.54) is 17.2 Å². The number of aromatic nitrogens is 4. The molecular weight excluding hydrogens is 375 g/mol. The maximum atomic E-state index is 10.6. The summed E-state index contributed by atoms with van der Waals surface area (Å²) in [6.45, 7) is -0.268. The summed E-state index contributed by atoms with van der Waals surface area (Å²) in [6, 6.07) is 0. The zero-order chi connectivity index (χ0) is 16.6. The van der Waals surface area contributed by atoms with Gasteiger partial charge in [0.1, 0.15) is 24.1 Å². The number of nitrogens with zero attached hydrogens (tertiary/aromatic N) is 4. The molecule has 0 aliphatic carbocycles. The van der Waals surface area contributed by atoms with E-state index in [-0.39, 0.29) is 78.1 Å². The van der Waals surface area contributed by atoms with E-state index in [1.807, 2.05) is 0 Å². The average molecular weight is 389 g/mol. The summed E-state index contributed by atoms with van der Waals surface area (Å²) in [5.41, 5.74) is 6.47. The number of anilines is 1. The smallest absolute Gasteiger partial charge is 0.811 e. The normalized spacial score (nSPS) is 23.2. The quantitative estimate of drug-likeness (QED) is 0.369. The molecule has 0 unspecified atom stereocenters. The average Bonchev–Trinajstić information content (AvgIpc) is 3.03. The number of aliphatic hydroxyl groups excluding tert-OH is 1. The van der Waals surface area contributed by atoms with Gasteiger partial charge in [0.05, 0.1) is 19.5 Å². The van der Waals surface area contributed by atoms with Crippen molar-refractivity contribution in [2.75, 3.05) is 25.1 Å². The van der Waals surface area contributed by atoms with Crippen LogP contribution in [0.5, 0.6) is 0 Å². The van der Waals surface area contributed by atoms with Crippen LogP contribution in [0, 0.1) is 0 Å². The van der Waals surface area contributed by atoms with Gasteiger partial charge in [-0.05, 0) is 6.16 Å². The molecule has 3 heterocycles. The fourth-order valence-electron chi connectivity index (χ4n) is 2.34. The van der Waals surface area contributed by atoms with Gasteiger partial charge in [0, 0.05) is 0 Å². The third-order valence-corrected chi connectivity index (χ3v) is 4.19. The molecule has 126 valence electrons. The molecular formula is C11H14N5Na2O6P. The Morgan fingerprint density at radius 1 is 1.40 bits per heavy atom. The van der Waals surface area contributed by atoms with E-state index < -0.39 is 32.2 Å². The van der Waals surface area contributed by atoms with Crippen LogP contribution in [-0.4, -0.2) is 56.2 Å². The molecule has 0 amide bonds. The number of nitrogens with two attached hydrogens (primary N) is 1. The summed E-state index contributed by atoms with van der Waals surface area (Å²) in [6.07, 6.45) is -0.616. The first-order chi connectivity index (χ1) is 10.9. The summed E-state index contributed by atoms with van der Waals surface area (Å²) in [5, 5.41) is 10.3. The standard InChI is InChI=1S/C11H16N5O6P.2Na/c12-9-7-10(14-4-13-9)16(5-15-7)11-8(17)6(3-22-11)21-1-2-23(18,19)20;;/h4-6,8,11,17H,1-3H2,(H2,12,13,14)(H2,18,19,20);;/q;2*+1/p-2/t6-,8+,11+;;/m0../s1. The van der Waals surface area contributed by atoms with Crippen LogP contribution in [0.2, 0.25) is 0 Å². The van der Waals surface area contributed by atoms with E-state index in [0.29, 0.717) is 11.2 Å². The van der Waals surface area contributed by atoms with Crippen LogP contribution in [0.3, 0.4) is 0 Å². The molecule has 2 aromatic heterocycles. The van der Waals surface area contributed by atoms with Crippen LogP contribution in [-0.2, 0) is 14.0 Å². The minimum Gasteiger partial charge on any atom is -0.811 e. The molecule has 0 saturated carbocycles. The number of rotatable bonds is 5. The van der Waals surface area contributed by atoms with E-state index >= 15 is 0 Å². The van der Waals surface area contributed by atoms with Crippen LogP contribution in [0.4, 0.5) is 5.82 Å². The van der Waals surface area contributed by atoms with Crippen molar-refractivity contribution in [2.45, 2.75) is 18.4 Å². The minimum atomic E-state index is -4.64. The summed E-state index contributed by atoms with van der Waals surface area (Å²) < 4.78 is 22.8. The minimum absolute atomic E-state index is 0. The number of aliphatic hydroxyl groups is 1. The molecule has 11 nitrogen and oxygen atoms in total. The molecule has 3 rings (SSSR count). The Morgan fingerprint density at radius 3 is 2.80 bits per heavy atom. The maximum Gasteiger partial charge on any atom is 1.00 e. The van der Waals surface area contributed by atoms with E-state index in [9.17, 15) is 19.5 Å². The van der Waals surface area contributed by atoms with Crippen molar-refractivity contribution < 1.29 is 88.0 Å². The molecule has 25 heavy (non-hydrogen) atoms. The van der Waals surface area contributed by atoms with Gasteiger partial charge in [0.25, 0.3) is 0 Å². The van der Waals surface area contributed by atoms with Gasteiger partial charge in [-0.1, -0.05) is 7.60 Å². The molecule has 0 spiro atoms. The molecule has 1 aliphatic heterocycles. The van der Waals surface area contributed by atoms with Crippen molar-refractivity contribution in [1.29, 1.82) is 0 Å². The Kier molecular flexibility index (Phi) is 8.93. The van der Waals surface area contributed by atoms with Crippen LogP contribution in [0.25, 0.3) is 11.2 Å². The predicted molar refractivity (Wildman–Crippen MR) is 72.9 cm³/mol. The van der Waals surface area contributed by atoms with Gasteiger partial charge in [-0.3, -0.25) is 4.57 Å². The molecule has 1 aliphatic rings. The van der Waals surface area contributed by atoms with Gasteiger partial charge < -0.3 is 34.7 Å². The van der Waals surface area contributed by atoms with E-state index in [1.54, 1.807) is 0 Å². The molecule has 1 fully saturated rings. The van der Waals surface area contributed by atoms with E-state index in [0.717, 1.165) is 0 Å². The topological polar surface area (TPSA) is 172 Å². The number of fused-ring (bicyclic) bond motifs is 1. The predicted octanol–water partition coefficient (Wildman–Crippen LogP) is -8.39. The van der Waals surface area contributed by atoms with Crippen molar-refractivity contribution in [2.24, 2.45) is 0 Å². The van der Waals surface area contributed by atoms with Crippen LogP contribution >= 0.6 is 7.60 Å². The molecule has 3 N–H and O–H groups in total. The Bertz CT molecular complexity index is 758. The first-order valence-electron chi connectivity index (χ1n) is 6.72. The number of ether oxygens (including phenoxy) is 2. The van der Waals surface area contributed by atoms with Gasteiger partial charge in [-0.25, -0.2) is 15.0 Å². The van der Waals surface area contributed by atoms with Crippen molar-refractivity contribution in [3.05, 3.63) is 12.7 Å². The second-order valence-corrected chi connectivity index (χ2v) is 6.71. The number of imidazole rings is 1. The SMILES string of the molecule is Nc1ncnc2c1ncn2[C@@H]1OC[C@H](OCCP(=O)([O-])[O-])[C@H]1O.[Na+].[Na+]. The first kappa shape index (κ1) is 23.4. The Hall–Kier alpha value is 0.380. The van der Waals surface area contributed by atoms with E-state index in [4.69, 9.17) is 15.2 Å². The van der Waals surface area contributed by atoms with Crippen LogP contribution in [0.15, 0.2) is 12.7 Å². The third kappa shape index (κ3) is 5.44. The molecule has 0 bridgehead atoms. The van der Waals surface area contributed by atoms with Crippen LogP contribution in [0.1, 0.15) is 6.23 Å².